The monoisotopic (exact) mass is 251 g/mol. The largest absolute Gasteiger partial charge is 0.384 e. The molecule has 0 bridgehead atoms. The second kappa shape index (κ2) is 4.76. The molecule has 0 amide bonds. The minimum atomic E-state index is -2.53. The number of halogens is 3. The molecule has 0 aromatic rings. The van der Waals surface area contributed by atoms with Gasteiger partial charge < -0.3 is 9.64 Å². The number of likely N-dealkylation sites (tertiary alicyclic amines) is 1. The van der Waals surface area contributed by atoms with E-state index in [1.165, 1.54) is 0 Å². The quantitative estimate of drug-likeness (QED) is 0.761. The van der Waals surface area contributed by atoms with Crippen LogP contribution in [0.1, 0.15) is 25.7 Å². The third kappa shape index (κ3) is 3.13. The van der Waals surface area contributed by atoms with Gasteiger partial charge in [0, 0.05) is 45.0 Å². The van der Waals surface area contributed by atoms with E-state index in [4.69, 9.17) is 4.74 Å². The lowest BCUT2D eigenvalue weighted by Crippen LogP contribution is -2.55. The van der Waals surface area contributed by atoms with Gasteiger partial charge >= 0.3 is 0 Å². The van der Waals surface area contributed by atoms with Crippen molar-refractivity contribution in [3.63, 3.8) is 0 Å². The molecule has 0 N–H and O–H groups in total. The summed E-state index contributed by atoms with van der Waals surface area (Å²) in [5.74, 6) is -2.53. The highest BCUT2D eigenvalue weighted by atomic mass is 19.3. The molecule has 1 saturated heterocycles. The van der Waals surface area contributed by atoms with Crippen molar-refractivity contribution in [1.82, 2.24) is 4.90 Å². The van der Waals surface area contributed by atoms with Crippen molar-refractivity contribution >= 4 is 0 Å². The van der Waals surface area contributed by atoms with Crippen LogP contribution in [0.3, 0.4) is 0 Å². The van der Waals surface area contributed by atoms with E-state index in [1.807, 2.05) is 0 Å². The molecule has 2 aliphatic rings. The summed E-state index contributed by atoms with van der Waals surface area (Å²) in [4.78, 5) is 2.10. The van der Waals surface area contributed by atoms with Crippen molar-refractivity contribution in [1.29, 1.82) is 0 Å². The Kier molecular flexibility index (Phi) is 3.69. The number of piperidine rings is 1. The fourth-order valence-electron chi connectivity index (χ4n) is 3.15. The number of ether oxygens (including phenoxy) is 1. The van der Waals surface area contributed by atoms with Gasteiger partial charge in [-0.1, -0.05) is 0 Å². The van der Waals surface area contributed by atoms with Crippen molar-refractivity contribution in [2.45, 2.75) is 37.8 Å². The fraction of sp³-hybridized carbons (Fsp3) is 1.00. The van der Waals surface area contributed by atoms with Gasteiger partial charge in [0.15, 0.2) is 0 Å². The summed E-state index contributed by atoms with van der Waals surface area (Å²) in [7, 11) is 1.55. The Labute approximate surface area is 100 Å². The molecule has 2 fully saturated rings. The summed E-state index contributed by atoms with van der Waals surface area (Å²) in [5.41, 5.74) is -0.415. The Morgan fingerprint density at radius 1 is 1.24 bits per heavy atom. The van der Waals surface area contributed by atoms with Crippen molar-refractivity contribution in [2.75, 3.05) is 33.4 Å². The zero-order valence-corrected chi connectivity index (χ0v) is 10.2. The lowest BCUT2D eigenvalue weighted by Gasteiger charge is -2.49. The minimum Gasteiger partial charge on any atom is -0.384 e. The summed E-state index contributed by atoms with van der Waals surface area (Å²) in [5, 5.41) is 0. The Morgan fingerprint density at radius 3 is 2.29 bits per heavy atom. The number of rotatable bonds is 4. The molecule has 5 heteroatoms. The highest BCUT2D eigenvalue weighted by molar-refractivity contribution is 5.01. The van der Waals surface area contributed by atoms with E-state index in [0.29, 0.717) is 39.1 Å². The van der Waals surface area contributed by atoms with E-state index < -0.39 is 17.5 Å². The second-order valence-corrected chi connectivity index (χ2v) is 5.59. The van der Waals surface area contributed by atoms with Gasteiger partial charge in [-0.2, -0.15) is 0 Å². The van der Waals surface area contributed by atoms with Gasteiger partial charge in [0.25, 0.3) is 0 Å². The lowest BCUT2D eigenvalue weighted by atomic mass is 9.66. The van der Waals surface area contributed by atoms with Gasteiger partial charge in [-0.15, -0.1) is 0 Å². The molecule has 1 heterocycles. The normalized spacial score (nSPS) is 28.9. The van der Waals surface area contributed by atoms with Gasteiger partial charge in [-0.3, -0.25) is 0 Å². The Balaban J connectivity index is 1.86. The van der Waals surface area contributed by atoms with Crippen LogP contribution in [0.15, 0.2) is 0 Å². The average Bonchev–Trinajstić information content (AvgIpc) is 2.19. The first-order chi connectivity index (χ1) is 7.95. The smallest absolute Gasteiger partial charge is 0.249 e. The first-order valence-corrected chi connectivity index (χ1v) is 6.18. The number of nitrogens with zero attached hydrogens (tertiary/aromatic N) is 1. The minimum absolute atomic E-state index is 0.0939. The van der Waals surface area contributed by atoms with Crippen LogP contribution in [0.4, 0.5) is 13.2 Å². The summed E-state index contributed by atoms with van der Waals surface area (Å²) >= 11 is 0. The van der Waals surface area contributed by atoms with E-state index in [1.54, 1.807) is 7.11 Å². The zero-order valence-electron chi connectivity index (χ0n) is 10.2. The Bertz CT molecular complexity index is 256. The van der Waals surface area contributed by atoms with Gasteiger partial charge in [0.05, 0.1) is 6.61 Å². The third-order valence-electron chi connectivity index (χ3n) is 3.79. The van der Waals surface area contributed by atoms with Crippen molar-refractivity contribution in [2.24, 2.45) is 5.41 Å². The van der Waals surface area contributed by atoms with E-state index in [2.05, 4.69) is 4.90 Å². The standard InChI is InChI=1S/C12H20F3NO/c1-17-9-11(6-12(14,15)7-11)8-16-4-2-10(13)3-5-16/h10H,2-9H2,1H3. The molecule has 1 aliphatic carbocycles. The molecular weight excluding hydrogens is 231 g/mol. The summed E-state index contributed by atoms with van der Waals surface area (Å²) in [6.07, 6.45) is 0.151. The van der Waals surface area contributed by atoms with Crippen LogP contribution in [0, 0.1) is 5.41 Å². The van der Waals surface area contributed by atoms with Gasteiger partial charge in [-0.25, -0.2) is 13.2 Å². The van der Waals surface area contributed by atoms with E-state index >= 15 is 0 Å². The lowest BCUT2D eigenvalue weighted by molar-refractivity contribution is -0.187. The molecule has 2 rings (SSSR count). The topological polar surface area (TPSA) is 12.5 Å². The van der Waals surface area contributed by atoms with Crippen LogP contribution in [0.25, 0.3) is 0 Å². The van der Waals surface area contributed by atoms with E-state index in [0.717, 1.165) is 0 Å². The molecular formula is C12H20F3NO. The second-order valence-electron chi connectivity index (χ2n) is 5.59. The zero-order chi connectivity index (χ0) is 12.5. The number of hydrogen-bond acceptors (Lipinski definition) is 2. The van der Waals surface area contributed by atoms with Crippen LogP contribution in [-0.2, 0) is 4.74 Å². The third-order valence-corrected chi connectivity index (χ3v) is 3.79. The van der Waals surface area contributed by atoms with Gasteiger partial charge in [0.1, 0.15) is 6.17 Å². The van der Waals surface area contributed by atoms with E-state index in [-0.39, 0.29) is 12.8 Å². The van der Waals surface area contributed by atoms with Gasteiger partial charge in [0.2, 0.25) is 5.92 Å². The predicted molar refractivity (Wildman–Crippen MR) is 59.1 cm³/mol. The molecule has 0 unspecified atom stereocenters. The van der Waals surface area contributed by atoms with Crippen molar-refractivity contribution in [3.05, 3.63) is 0 Å². The molecule has 1 aliphatic heterocycles. The number of hydrogen-bond donors (Lipinski definition) is 0. The van der Waals surface area contributed by atoms with Crippen LogP contribution < -0.4 is 0 Å². The molecule has 0 radical (unpaired) electrons. The molecule has 2 nitrogen and oxygen atoms in total. The summed E-state index contributed by atoms with van der Waals surface area (Å²) in [6.45, 7) is 2.34. The molecule has 0 aromatic heterocycles. The maximum Gasteiger partial charge on any atom is 0.249 e. The SMILES string of the molecule is COCC1(CN2CCC(F)CC2)CC(F)(F)C1. The number of methoxy groups -OCH3 is 1. The highest BCUT2D eigenvalue weighted by Gasteiger charge is 2.56. The Hall–Kier alpha value is -0.290. The average molecular weight is 251 g/mol. The van der Waals surface area contributed by atoms with Gasteiger partial charge in [-0.05, 0) is 12.8 Å². The molecule has 0 atom stereocenters. The van der Waals surface area contributed by atoms with Crippen LogP contribution in [0.2, 0.25) is 0 Å². The summed E-state index contributed by atoms with van der Waals surface area (Å²) in [6, 6.07) is 0. The van der Waals surface area contributed by atoms with Crippen LogP contribution >= 0.6 is 0 Å². The van der Waals surface area contributed by atoms with E-state index in [9.17, 15) is 13.2 Å². The molecule has 1 saturated carbocycles. The Morgan fingerprint density at radius 2 is 1.82 bits per heavy atom. The number of alkyl halides is 3. The molecule has 0 spiro atoms. The molecule has 17 heavy (non-hydrogen) atoms. The van der Waals surface area contributed by atoms with Crippen LogP contribution in [0.5, 0.6) is 0 Å². The predicted octanol–water partition coefficient (Wildman–Crippen LogP) is 2.48. The highest BCUT2D eigenvalue weighted by Crippen LogP contribution is 2.52. The fourth-order valence-corrected chi connectivity index (χ4v) is 3.15. The van der Waals surface area contributed by atoms with Crippen LogP contribution in [-0.4, -0.2) is 50.3 Å². The molecule has 100 valence electrons. The first kappa shape index (κ1) is 13.1. The maximum atomic E-state index is 13.0. The molecule has 0 aromatic carbocycles. The first-order valence-electron chi connectivity index (χ1n) is 6.18. The van der Waals surface area contributed by atoms with Crippen molar-refractivity contribution in [3.8, 4) is 0 Å². The van der Waals surface area contributed by atoms with Crippen molar-refractivity contribution < 1.29 is 17.9 Å². The summed E-state index contributed by atoms with van der Waals surface area (Å²) < 4.78 is 44.1. The maximum absolute atomic E-state index is 13.0.